The number of anilines is 1. The molecule has 1 saturated heterocycles. The first-order valence-corrected chi connectivity index (χ1v) is 11.5. The summed E-state index contributed by atoms with van der Waals surface area (Å²) < 4.78 is 67.4. The number of nitro groups is 1. The summed E-state index contributed by atoms with van der Waals surface area (Å²) in [5, 5.41) is 24.5. The summed E-state index contributed by atoms with van der Waals surface area (Å²) in [5.74, 6) is -0.451. The largest absolute Gasteiger partial charge is 0.573 e. The monoisotopic (exact) mass is 489 g/mol. The van der Waals surface area contributed by atoms with Gasteiger partial charge in [-0.05, 0) is 42.7 Å². The molecule has 9 nitrogen and oxygen atoms in total. The van der Waals surface area contributed by atoms with Crippen molar-refractivity contribution in [3.05, 3.63) is 58.1 Å². The molecule has 13 heteroatoms. The van der Waals surface area contributed by atoms with Crippen molar-refractivity contribution in [1.29, 1.82) is 0 Å². The number of hydrogen-bond acceptors (Lipinski definition) is 7. The zero-order valence-corrected chi connectivity index (χ0v) is 18.1. The molecule has 2 aromatic rings. The second-order valence-electron chi connectivity index (χ2n) is 7.41. The van der Waals surface area contributed by atoms with Crippen LogP contribution in [-0.2, 0) is 10.0 Å². The van der Waals surface area contributed by atoms with Gasteiger partial charge in [-0.15, -0.1) is 13.2 Å². The van der Waals surface area contributed by atoms with Crippen LogP contribution in [0.5, 0.6) is 5.75 Å². The maximum absolute atomic E-state index is 12.8. The average molecular weight is 489 g/mol. The highest BCUT2D eigenvalue weighted by Gasteiger charge is 2.31. The Kier molecular flexibility index (Phi) is 7.44. The molecule has 0 radical (unpaired) electrons. The number of ether oxygens (including phenoxy) is 1. The Bertz CT molecular complexity index is 1090. The summed E-state index contributed by atoms with van der Waals surface area (Å²) in [6.07, 6.45) is -3.67. The van der Waals surface area contributed by atoms with Gasteiger partial charge in [-0.2, -0.15) is 4.31 Å². The molecule has 2 aromatic carbocycles. The summed E-state index contributed by atoms with van der Waals surface area (Å²) in [4.78, 5) is 10.6. The molecular weight excluding hydrogens is 467 g/mol. The van der Waals surface area contributed by atoms with Gasteiger partial charge in [-0.3, -0.25) is 10.1 Å². The predicted octanol–water partition coefficient (Wildman–Crippen LogP) is 3.81. The standard InChI is InChI=1S/C20H22F3N3O6S/c21-20(22,23)32-15-6-4-14(5-7-15)19(27)13-24-17-9-8-16(12-18(17)26(28)29)33(30,31)25-10-2-1-3-11-25/h4-9,12,19,24,27H,1-3,10-11,13H2. The van der Waals surface area contributed by atoms with Crippen LogP contribution in [0.25, 0.3) is 0 Å². The van der Waals surface area contributed by atoms with E-state index < -0.39 is 38.8 Å². The van der Waals surface area contributed by atoms with E-state index in [9.17, 15) is 36.8 Å². The minimum Gasteiger partial charge on any atom is -0.406 e. The van der Waals surface area contributed by atoms with Crippen molar-refractivity contribution in [3.63, 3.8) is 0 Å². The van der Waals surface area contributed by atoms with Crippen molar-refractivity contribution in [2.24, 2.45) is 0 Å². The average Bonchev–Trinajstić information content (AvgIpc) is 2.77. The molecule has 3 rings (SSSR count). The number of nitro benzene ring substituents is 1. The summed E-state index contributed by atoms with van der Waals surface area (Å²) in [6, 6.07) is 8.02. The van der Waals surface area contributed by atoms with Gasteiger partial charge in [0.15, 0.2) is 0 Å². The van der Waals surface area contributed by atoms with Crippen molar-refractivity contribution in [1.82, 2.24) is 4.31 Å². The van der Waals surface area contributed by atoms with Gasteiger partial charge in [0.05, 0.1) is 15.9 Å². The molecule has 180 valence electrons. The molecule has 2 N–H and O–H groups in total. The molecule has 1 atom stereocenters. The van der Waals surface area contributed by atoms with E-state index >= 15 is 0 Å². The van der Waals surface area contributed by atoms with Crippen LogP contribution >= 0.6 is 0 Å². The number of nitrogens with one attached hydrogen (secondary N) is 1. The lowest BCUT2D eigenvalue weighted by molar-refractivity contribution is -0.384. The number of rotatable bonds is 8. The molecule has 1 aliphatic rings. The number of halogens is 3. The van der Waals surface area contributed by atoms with E-state index in [1.807, 2.05) is 0 Å². The minimum atomic E-state index is -4.84. The van der Waals surface area contributed by atoms with Gasteiger partial charge in [0.1, 0.15) is 11.4 Å². The second kappa shape index (κ2) is 9.93. The summed E-state index contributed by atoms with van der Waals surface area (Å²) in [5.41, 5.74) is -0.230. The summed E-state index contributed by atoms with van der Waals surface area (Å²) in [7, 11) is -3.87. The van der Waals surface area contributed by atoms with Gasteiger partial charge in [0, 0.05) is 25.7 Å². The van der Waals surface area contributed by atoms with Crippen LogP contribution in [0, 0.1) is 10.1 Å². The Balaban J connectivity index is 1.72. The van der Waals surface area contributed by atoms with E-state index in [4.69, 9.17) is 0 Å². The van der Waals surface area contributed by atoms with Crippen LogP contribution in [0.3, 0.4) is 0 Å². The molecule has 0 spiro atoms. The van der Waals surface area contributed by atoms with Gasteiger partial charge in [0.25, 0.3) is 5.69 Å². The highest BCUT2D eigenvalue weighted by molar-refractivity contribution is 7.89. The topological polar surface area (TPSA) is 122 Å². The van der Waals surface area contributed by atoms with Crippen molar-refractivity contribution < 1.29 is 36.4 Å². The third-order valence-corrected chi connectivity index (χ3v) is 7.00. The fourth-order valence-electron chi connectivity index (χ4n) is 3.44. The van der Waals surface area contributed by atoms with Crippen molar-refractivity contribution in [3.8, 4) is 5.75 Å². The van der Waals surface area contributed by atoms with Crippen molar-refractivity contribution >= 4 is 21.4 Å². The number of sulfonamides is 1. The van der Waals surface area contributed by atoms with Crippen LogP contribution in [0.4, 0.5) is 24.5 Å². The van der Waals surface area contributed by atoms with Crippen LogP contribution in [-0.4, -0.2) is 48.7 Å². The van der Waals surface area contributed by atoms with Crippen LogP contribution in [0.2, 0.25) is 0 Å². The van der Waals surface area contributed by atoms with Crippen LogP contribution in [0.15, 0.2) is 47.4 Å². The van der Waals surface area contributed by atoms with E-state index in [1.54, 1.807) is 0 Å². The first-order chi connectivity index (χ1) is 15.5. The molecule has 0 saturated carbocycles. The number of benzene rings is 2. The summed E-state index contributed by atoms with van der Waals surface area (Å²) >= 11 is 0. The Hall–Kier alpha value is -2.90. The van der Waals surface area contributed by atoms with E-state index in [2.05, 4.69) is 10.1 Å². The van der Waals surface area contributed by atoms with E-state index in [-0.39, 0.29) is 22.7 Å². The minimum absolute atomic E-state index is 0.00586. The Labute approximate surface area is 188 Å². The number of aliphatic hydroxyl groups excluding tert-OH is 1. The Morgan fingerprint density at radius 3 is 2.33 bits per heavy atom. The number of aliphatic hydroxyl groups is 1. The lowest BCUT2D eigenvalue weighted by Gasteiger charge is -2.25. The number of nitrogens with zero attached hydrogens (tertiary/aromatic N) is 2. The quantitative estimate of drug-likeness (QED) is 0.427. The fraction of sp³-hybridized carbons (Fsp3) is 0.400. The zero-order chi connectivity index (χ0) is 24.2. The second-order valence-corrected chi connectivity index (χ2v) is 9.35. The highest BCUT2D eigenvalue weighted by atomic mass is 32.2. The molecule has 0 aliphatic carbocycles. The van der Waals surface area contributed by atoms with Gasteiger partial charge in [-0.25, -0.2) is 8.42 Å². The number of piperidine rings is 1. The SMILES string of the molecule is O=[N+]([O-])c1cc(S(=O)(=O)N2CCCCC2)ccc1NCC(O)c1ccc(OC(F)(F)F)cc1. The van der Waals surface area contributed by atoms with E-state index in [0.29, 0.717) is 13.1 Å². The normalized spacial score (nSPS) is 16.2. The fourth-order valence-corrected chi connectivity index (χ4v) is 4.98. The van der Waals surface area contributed by atoms with Crippen molar-refractivity contribution in [2.45, 2.75) is 36.6 Å². The first kappa shape index (κ1) is 24.7. The molecule has 1 aliphatic heterocycles. The molecule has 0 aromatic heterocycles. The molecule has 1 unspecified atom stereocenters. The third-order valence-electron chi connectivity index (χ3n) is 5.10. The highest BCUT2D eigenvalue weighted by Crippen LogP contribution is 2.31. The van der Waals surface area contributed by atoms with Crippen molar-refractivity contribution in [2.75, 3.05) is 25.0 Å². The first-order valence-electron chi connectivity index (χ1n) is 10.0. The lowest BCUT2D eigenvalue weighted by atomic mass is 10.1. The molecule has 1 heterocycles. The smallest absolute Gasteiger partial charge is 0.406 e. The zero-order valence-electron chi connectivity index (χ0n) is 17.3. The molecule has 0 amide bonds. The maximum atomic E-state index is 12.8. The van der Waals surface area contributed by atoms with E-state index in [0.717, 1.165) is 37.5 Å². The lowest BCUT2D eigenvalue weighted by Crippen LogP contribution is -2.35. The van der Waals surface area contributed by atoms with Gasteiger partial charge < -0.3 is 15.2 Å². The molecule has 33 heavy (non-hydrogen) atoms. The molecule has 1 fully saturated rings. The molecular formula is C20H22F3N3O6S. The third kappa shape index (κ3) is 6.33. The van der Waals surface area contributed by atoms with Crippen LogP contribution < -0.4 is 10.1 Å². The van der Waals surface area contributed by atoms with E-state index in [1.165, 1.54) is 28.6 Å². The molecule has 0 bridgehead atoms. The van der Waals surface area contributed by atoms with Gasteiger partial charge in [0.2, 0.25) is 10.0 Å². The summed E-state index contributed by atoms with van der Waals surface area (Å²) in [6.45, 7) is 0.503. The van der Waals surface area contributed by atoms with Gasteiger partial charge in [-0.1, -0.05) is 18.6 Å². The Morgan fingerprint density at radius 2 is 1.76 bits per heavy atom. The Morgan fingerprint density at radius 1 is 1.12 bits per heavy atom. The predicted molar refractivity (Wildman–Crippen MR) is 112 cm³/mol. The van der Waals surface area contributed by atoms with Crippen LogP contribution in [0.1, 0.15) is 30.9 Å². The number of alkyl halides is 3. The maximum Gasteiger partial charge on any atom is 0.573 e. The number of hydrogen-bond donors (Lipinski definition) is 2. The van der Waals surface area contributed by atoms with Gasteiger partial charge >= 0.3 is 6.36 Å².